The molecule has 1 saturated heterocycles. The van der Waals surface area contributed by atoms with Crippen molar-refractivity contribution in [3.8, 4) is 0 Å². The van der Waals surface area contributed by atoms with Gasteiger partial charge in [-0.3, -0.25) is 9.59 Å². The normalized spacial score (nSPS) is 23.4. The summed E-state index contributed by atoms with van der Waals surface area (Å²) in [6.07, 6.45) is 0. The van der Waals surface area contributed by atoms with Gasteiger partial charge >= 0.3 is 0 Å². The van der Waals surface area contributed by atoms with Gasteiger partial charge in [-0.25, -0.2) is 4.98 Å². The first-order valence-electron chi connectivity index (χ1n) is 9.18. The third kappa shape index (κ3) is 3.15. The topological polar surface area (TPSA) is 62.3 Å². The number of hydrogen-bond donors (Lipinski definition) is 1. The van der Waals surface area contributed by atoms with Gasteiger partial charge in [0.1, 0.15) is 5.69 Å². The van der Waals surface area contributed by atoms with E-state index in [0.29, 0.717) is 23.3 Å². The molecule has 0 unspecified atom stereocenters. The van der Waals surface area contributed by atoms with E-state index in [2.05, 4.69) is 22.4 Å². The average Bonchev–Trinajstić information content (AvgIpc) is 3.28. The van der Waals surface area contributed by atoms with E-state index in [0.717, 1.165) is 4.88 Å². The van der Waals surface area contributed by atoms with Gasteiger partial charge < -0.3 is 10.2 Å². The maximum Gasteiger partial charge on any atom is 0.273 e. The molecule has 5 nitrogen and oxygen atoms in total. The van der Waals surface area contributed by atoms with E-state index in [9.17, 15) is 9.59 Å². The van der Waals surface area contributed by atoms with Crippen molar-refractivity contribution in [3.63, 3.8) is 0 Å². The van der Waals surface area contributed by atoms with Gasteiger partial charge in [0, 0.05) is 36.7 Å². The van der Waals surface area contributed by atoms with E-state index >= 15 is 0 Å². The predicted octanol–water partition coefficient (Wildman–Crippen LogP) is 3.97. The summed E-state index contributed by atoms with van der Waals surface area (Å²) >= 11 is 7.47. The summed E-state index contributed by atoms with van der Waals surface area (Å²) in [4.78, 5) is 32.0. The molecule has 2 heterocycles. The molecule has 1 aromatic carbocycles. The highest BCUT2D eigenvalue weighted by Crippen LogP contribution is 2.49. The van der Waals surface area contributed by atoms with Crippen LogP contribution in [0.3, 0.4) is 0 Å². The third-order valence-corrected chi connectivity index (χ3v) is 6.98. The number of likely N-dealkylation sites (tertiary alicyclic amines) is 1. The van der Waals surface area contributed by atoms with Crippen LogP contribution in [0.15, 0.2) is 24.3 Å². The molecule has 1 aliphatic carbocycles. The van der Waals surface area contributed by atoms with Crippen LogP contribution in [-0.4, -0.2) is 34.8 Å². The number of nitrogens with zero attached hydrogens (tertiary/aromatic N) is 2. The molecule has 0 bridgehead atoms. The molecule has 27 heavy (non-hydrogen) atoms. The van der Waals surface area contributed by atoms with Gasteiger partial charge in [-0.05, 0) is 17.0 Å². The summed E-state index contributed by atoms with van der Waals surface area (Å²) in [7, 11) is 0. The van der Waals surface area contributed by atoms with Crippen molar-refractivity contribution in [2.45, 2.75) is 38.6 Å². The smallest absolute Gasteiger partial charge is 0.273 e. The molecule has 1 N–H and O–H groups in total. The molecule has 2 amide bonds. The van der Waals surface area contributed by atoms with E-state index in [1.54, 1.807) is 6.92 Å². The molecule has 1 fully saturated rings. The number of benzene rings is 1. The number of halogens is 1. The molecule has 2 aliphatic rings. The number of thiazole rings is 1. The average molecular weight is 404 g/mol. The zero-order chi connectivity index (χ0) is 19.3. The fourth-order valence-corrected chi connectivity index (χ4v) is 5.54. The van der Waals surface area contributed by atoms with Gasteiger partial charge in [0.05, 0.1) is 6.04 Å². The van der Waals surface area contributed by atoms with Gasteiger partial charge in [-0.2, -0.15) is 0 Å². The van der Waals surface area contributed by atoms with Crippen LogP contribution >= 0.6 is 22.9 Å². The van der Waals surface area contributed by atoms with Crippen molar-refractivity contribution >= 4 is 34.8 Å². The van der Waals surface area contributed by atoms with Gasteiger partial charge in [0.2, 0.25) is 5.91 Å². The summed E-state index contributed by atoms with van der Waals surface area (Å²) < 4.78 is 0.405. The van der Waals surface area contributed by atoms with Crippen molar-refractivity contribution in [2.75, 3.05) is 13.1 Å². The minimum atomic E-state index is -0.0599. The highest BCUT2D eigenvalue weighted by atomic mass is 35.5. The van der Waals surface area contributed by atoms with Gasteiger partial charge in [0.25, 0.3) is 5.91 Å². The number of carbonyl (C=O) groups excluding carboxylic acids is 2. The molecule has 4 rings (SSSR count). The van der Waals surface area contributed by atoms with Crippen LogP contribution in [0.2, 0.25) is 4.47 Å². The number of rotatable bonds is 3. The Hall–Kier alpha value is -1.92. The lowest BCUT2D eigenvalue weighted by molar-refractivity contribution is -0.120. The largest absolute Gasteiger partial charge is 0.349 e. The van der Waals surface area contributed by atoms with E-state index in [4.69, 9.17) is 11.6 Å². The van der Waals surface area contributed by atoms with Crippen LogP contribution in [0.4, 0.5) is 0 Å². The minimum Gasteiger partial charge on any atom is -0.349 e. The number of fused-ring (bicyclic) bond motifs is 3. The summed E-state index contributed by atoms with van der Waals surface area (Å²) in [6.45, 7) is 6.88. The lowest BCUT2D eigenvalue weighted by Gasteiger charge is -2.22. The summed E-state index contributed by atoms with van der Waals surface area (Å²) in [5.41, 5.74) is 2.88. The number of hydrogen-bond acceptors (Lipinski definition) is 4. The Bertz CT molecular complexity index is 910. The highest BCUT2D eigenvalue weighted by Gasteiger charge is 2.48. The van der Waals surface area contributed by atoms with Gasteiger partial charge in [0.15, 0.2) is 4.47 Å². The second-order valence-corrected chi connectivity index (χ2v) is 9.23. The standard InChI is InChI=1S/C20H22ClN3O2S/c1-10(2)18-17(23-20(21)27-18)19(26)24-8-14-12-6-4-5-7-13(12)16(15(14)9-24)22-11(3)25/h4-7,10,14-16H,8-9H2,1-3H3,(H,22,25)/t14-,15-,16-/m1/s1. The maximum absolute atomic E-state index is 13.2. The zero-order valence-electron chi connectivity index (χ0n) is 15.5. The van der Waals surface area contributed by atoms with Crippen molar-refractivity contribution < 1.29 is 9.59 Å². The first kappa shape index (κ1) is 18.4. The molecule has 1 aromatic heterocycles. The molecular weight excluding hydrogens is 382 g/mol. The number of carbonyl (C=O) groups is 2. The summed E-state index contributed by atoms with van der Waals surface area (Å²) in [5.74, 6) is 0.512. The van der Waals surface area contributed by atoms with Crippen LogP contribution in [0.1, 0.15) is 65.1 Å². The van der Waals surface area contributed by atoms with Crippen LogP contribution in [0.5, 0.6) is 0 Å². The maximum atomic E-state index is 13.2. The fraction of sp³-hybridized carbons (Fsp3) is 0.450. The second-order valence-electron chi connectivity index (χ2n) is 7.62. The first-order chi connectivity index (χ1) is 12.9. The van der Waals surface area contributed by atoms with Crippen molar-refractivity contribution in [1.82, 2.24) is 15.2 Å². The van der Waals surface area contributed by atoms with E-state index < -0.39 is 0 Å². The minimum absolute atomic E-state index is 0.0476. The van der Waals surface area contributed by atoms with Crippen molar-refractivity contribution in [3.05, 3.63) is 50.4 Å². The molecule has 0 radical (unpaired) electrons. The number of amides is 2. The molecular formula is C20H22ClN3O2S. The number of aromatic nitrogens is 1. The highest BCUT2D eigenvalue weighted by molar-refractivity contribution is 7.16. The van der Waals surface area contributed by atoms with Crippen molar-refractivity contribution in [2.24, 2.45) is 5.92 Å². The Morgan fingerprint density at radius 1 is 1.26 bits per heavy atom. The predicted molar refractivity (Wildman–Crippen MR) is 106 cm³/mol. The van der Waals surface area contributed by atoms with Crippen molar-refractivity contribution in [1.29, 1.82) is 0 Å². The summed E-state index contributed by atoms with van der Waals surface area (Å²) in [6, 6.07) is 8.17. The lowest BCUT2D eigenvalue weighted by atomic mass is 9.94. The van der Waals surface area contributed by atoms with Crippen LogP contribution < -0.4 is 5.32 Å². The molecule has 3 atom stereocenters. The number of nitrogens with one attached hydrogen (secondary N) is 1. The Labute approximate surface area is 167 Å². The Kier molecular flexibility index (Phi) is 4.72. The van der Waals surface area contributed by atoms with Crippen LogP contribution in [0, 0.1) is 5.92 Å². The van der Waals surface area contributed by atoms with Crippen LogP contribution in [0.25, 0.3) is 0 Å². The van der Waals surface area contributed by atoms with E-state index in [-0.39, 0.29) is 35.6 Å². The third-order valence-electron chi connectivity index (χ3n) is 5.52. The van der Waals surface area contributed by atoms with Crippen LogP contribution in [-0.2, 0) is 4.79 Å². The molecule has 142 valence electrons. The molecule has 1 aliphatic heterocycles. The zero-order valence-corrected chi connectivity index (χ0v) is 17.1. The summed E-state index contributed by atoms with van der Waals surface area (Å²) in [5, 5.41) is 3.09. The van der Waals surface area contributed by atoms with E-state index in [1.165, 1.54) is 22.5 Å². The Morgan fingerprint density at radius 3 is 2.63 bits per heavy atom. The van der Waals surface area contributed by atoms with E-state index in [1.807, 2.05) is 30.9 Å². The molecule has 0 saturated carbocycles. The first-order valence-corrected chi connectivity index (χ1v) is 10.4. The Morgan fingerprint density at radius 2 is 1.96 bits per heavy atom. The van der Waals surface area contributed by atoms with Gasteiger partial charge in [-0.1, -0.05) is 49.7 Å². The molecule has 2 aromatic rings. The SMILES string of the molecule is CC(=O)N[C@@H]1c2ccccc2[C@H]2CN(C(=O)c3nc(Cl)sc3C(C)C)C[C@H]21. The lowest BCUT2D eigenvalue weighted by Crippen LogP contribution is -2.34. The van der Waals surface area contributed by atoms with Gasteiger partial charge in [-0.15, -0.1) is 11.3 Å². The Balaban J connectivity index is 1.63. The molecule has 7 heteroatoms. The second kappa shape index (κ2) is 6.91. The monoisotopic (exact) mass is 403 g/mol. The fourth-order valence-electron chi connectivity index (χ4n) is 4.43. The molecule has 0 spiro atoms. The quantitative estimate of drug-likeness (QED) is 0.843.